The van der Waals surface area contributed by atoms with Crippen LogP contribution in [0.3, 0.4) is 0 Å². The summed E-state index contributed by atoms with van der Waals surface area (Å²) in [6.45, 7) is -0.0890. The minimum absolute atomic E-state index is 0.0890. The van der Waals surface area contributed by atoms with E-state index in [0.717, 1.165) is 37.7 Å². The molecule has 2 aromatic rings. The first-order valence-corrected chi connectivity index (χ1v) is 8.40. The van der Waals surface area contributed by atoms with E-state index in [2.05, 4.69) is 16.4 Å². The number of fused-ring (bicyclic) bond motifs is 1. The maximum atomic E-state index is 12.2. The smallest absolute Gasteiger partial charge is 0.358 e. The maximum absolute atomic E-state index is 12.2. The van der Waals surface area contributed by atoms with Crippen LogP contribution in [0.5, 0.6) is 0 Å². The molecule has 0 saturated heterocycles. The van der Waals surface area contributed by atoms with Gasteiger partial charge < -0.3 is 20.0 Å². The second kappa shape index (κ2) is 6.80. The lowest BCUT2D eigenvalue weighted by atomic mass is 10.1. The monoisotopic (exact) mass is 345 g/mol. The number of thiophene rings is 1. The van der Waals surface area contributed by atoms with Crippen LogP contribution in [0.4, 0.5) is 10.8 Å². The van der Waals surface area contributed by atoms with Gasteiger partial charge >= 0.3 is 5.82 Å². The molecule has 0 bridgehead atoms. The highest BCUT2D eigenvalue weighted by molar-refractivity contribution is 7.16. The van der Waals surface area contributed by atoms with Crippen molar-refractivity contribution in [3.05, 3.63) is 38.6 Å². The number of rotatable bonds is 4. The van der Waals surface area contributed by atoms with Crippen molar-refractivity contribution in [3.63, 3.8) is 0 Å². The standard InChI is InChI=1S/C15H15N5O3S/c16-6-11-10-4-2-1-3-5-12(10)24-15(11)18-14(21)8-19-7-13(17-9-19)20(22)23/h7,9H,1-5,8H2,(H,18,21). The highest BCUT2D eigenvalue weighted by atomic mass is 32.1. The first-order valence-electron chi connectivity index (χ1n) is 7.59. The minimum Gasteiger partial charge on any atom is -0.358 e. The topological polar surface area (TPSA) is 114 Å². The number of carbonyl (C=O) groups is 1. The van der Waals surface area contributed by atoms with E-state index in [1.54, 1.807) is 0 Å². The van der Waals surface area contributed by atoms with Crippen LogP contribution in [-0.2, 0) is 24.2 Å². The maximum Gasteiger partial charge on any atom is 0.381 e. The van der Waals surface area contributed by atoms with Gasteiger partial charge in [0.1, 0.15) is 23.8 Å². The van der Waals surface area contributed by atoms with Crippen molar-refractivity contribution in [2.24, 2.45) is 0 Å². The molecule has 3 rings (SSSR count). The summed E-state index contributed by atoms with van der Waals surface area (Å²) >= 11 is 1.46. The lowest BCUT2D eigenvalue weighted by molar-refractivity contribution is -0.389. The lowest BCUT2D eigenvalue weighted by Crippen LogP contribution is -2.17. The molecule has 124 valence electrons. The molecule has 0 aromatic carbocycles. The highest BCUT2D eigenvalue weighted by Crippen LogP contribution is 2.36. The Morgan fingerprint density at radius 2 is 2.25 bits per heavy atom. The van der Waals surface area contributed by atoms with Crippen LogP contribution in [0.1, 0.15) is 35.3 Å². The Kier molecular flexibility index (Phi) is 4.57. The molecule has 8 nitrogen and oxygen atoms in total. The number of anilines is 1. The second-order valence-electron chi connectivity index (χ2n) is 5.59. The fourth-order valence-electron chi connectivity index (χ4n) is 2.81. The van der Waals surface area contributed by atoms with Crippen molar-refractivity contribution in [2.45, 2.75) is 38.6 Å². The molecule has 2 aromatic heterocycles. The van der Waals surface area contributed by atoms with E-state index in [0.29, 0.717) is 10.6 Å². The Labute approximate surface area is 141 Å². The Hall–Kier alpha value is -2.73. The van der Waals surface area contributed by atoms with Crippen LogP contribution >= 0.6 is 11.3 Å². The number of aromatic nitrogens is 2. The van der Waals surface area contributed by atoms with Gasteiger partial charge in [-0.25, -0.2) is 0 Å². The zero-order valence-corrected chi connectivity index (χ0v) is 13.6. The summed E-state index contributed by atoms with van der Waals surface area (Å²) in [5.74, 6) is -0.640. The first kappa shape index (κ1) is 16.1. The average molecular weight is 345 g/mol. The Morgan fingerprint density at radius 1 is 1.46 bits per heavy atom. The molecule has 0 unspecified atom stereocenters. The predicted octanol–water partition coefficient (Wildman–Crippen LogP) is 2.63. The number of imidazole rings is 1. The highest BCUT2D eigenvalue weighted by Gasteiger charge is 2.21. The SMILES string of the molecule is N#Cc1c(NC(=O)Cn2cnc([N+](=O)[O-])c2)sc2c1CCCCC2. The summed E-state index contributed by atoms with van der Waals surface area (Å²) in [7, 11) is 0. The third-order valence-corrected chi connectivity index (χ3v) is 5.13. The molecule has 0 radical (unpaired) electrons. The molecular weight excluding hydrogens is 330 g/mol. The van der Waals surface area contributed by atoms with Crippen molar-refractivity contribution in [1.82, 2.24) is 9.55 Å². The number of aryl methyl sites for hydroxylation is 1. The van der Waals surface area contributed by atoms with Gasteiger partial charge in [0.15, 0.2) is 0 Å². The number of amides is 1. The zero-order valence-electron chi connectivity index (χ0n) is 12.8. The number of carbonyl (C=O) groups excluding carboxylic acids is 1. The first-order chi connectivity index (χ1) is 11.6. The van der Waals surface area contributed by atoms with Crippen molar-refractivity contribution >= 4 is 28.1 Å². The van der Waals surface area contributed by atoms with Crippen LogP contribution in [0.15, 0.2) is 12.5 Å². The minimum atomic E-state index is -0.613. The van der Waals surface area contributed by atoms with E-state index in [4.69, 9.17) is 0 Å². The van der Waals surface area contributed by atoms with Crippen molar-refractivity contribution in [3.8, 4) is 6.07 Å². The molecule has 0 aliphatic heterocycles. The molecule has 1 amide bonds. The van der Waals surface area contributed by atoms with Gasteiger partial charge in [-0.2, -0.15) is 5.26 Å². The summed E-state index contributed by atoms with van der Waals surface area (Å²) in [5, 5.41) is 23.4. The molecule has 1 aliphatic carbocycles. The summed E-state index contributed by atoms with van der Waals surface area (Å²) in [4.78, 5) is 27.0. The second-order valence-corrected chi connectivity index (χ2v) is 6.70. The predicted molar refractivity (Wildman–Crippen MR) is 87.8 cm³/mol. The summed E-state index contributed by atoms with van der Waals surface area (Å²) < 4.78 is 1.35. The van der Waals surface area contributed by atoms with E-state index in [1.807, 2.05) is 0 Å². The van der Waals surface area contributed by atoms with E-state index < -0.39 is 4.92 Å². The molecule has 24 heavy (non-hydrogen) atoms. The number of hydrogen-bond donors (Lipinski definition) is 1. The van der Waals surface area contributed by atoms with Gasteiger partial charge in [-0.3, -0.25) is 4.79 Å². The molecule has 1 aliphatic rings. The molecule has 0 saturated carbocycles. The van der Waals surface area contributed by atoms with Gasteiger partial charge in [0.05, 0.1) is 5.56 Å². The van der Waals surface area contributed by atoms with E-state index >= 15 is 0 Å². The van der Waals surface area contributed by atoms with Crippen LogP contribution in [-0.4, -0.2) is 20.4 Å². The number of nitrogens with zero attached hydrogens (tertiary/aromatic N) is 4. The summed E-state index contributed by atoms with van der Waals surface area (Å²) in [6.07, 6.45) is 7.58. The van der Waals surface area contributed by atoms with E-state index in [1.165, 1.54) is 33.3 Å². The fraction of sp³-hybridized carbons (Fsp3) is 0.400. The zero-order chi connectivity index (χ0) is 17.1. The molecule has 1 N–H and O–H groups in total. The van der Waals surface area contributed by atoms with Gasteiger partial charge in [0.2, 0.25) is 12.2 Å². The average Bonchev–Trinajstić information content (AvgIpc) is 3.05. The Morgan fingerprint density at radius 3 is 2.96 bits per heavy atom. The fourth-order valence-corrected chi connectivity index (χ4v) is 4.07. The van der Waals surface area contributed by atoms with Gasteiger partial charge in [-0.05, 0) is 41.2 Å². The van der Waals surface area contributed by atoms with Crippen molar-refractivity contribution in [2.75, 3.05) is 5.32 Å². The molecule has 0 spiro atoms. The summed E-state index contributed by atoms with van der Waals surface area (Å²) in [5.41, 5.74) is 1.62. The van der Waals surface area contributed by atoms with Crippen LogP contribution in [0.2, 0.25) is 0 Å². The van der Waals surface area contributed by atoms with Crippen LogP contribution < -0.4 is 5.32 Å². The molecule has 9 heteroatoms. The van der Waals surface area contributed by atoms with Crippen LogP contribution in [0, 0.1) is 21.4 Å². The number of hydrogen-bond acceptors (Lipinski definition) is 6. The molecule has 2 heterocycles. The third kappa shape index (κ3) is 3.28. The third-order valence-electron chi connectivity index (χ3n) is 3.92. The largest absolute Gasteiger partial charge is 0.381 e. The Balaban J connectivity index is 1.74. The van der Waals surface area contributed by atoms with Crippen molar-refractivity contribution < 1.29 is 9.72 Å². The van der Waals surface area contributed by atoms with Crippen LogP contribution in [0.25, 0.3) is 0 Å². The number of nitriles is 1. The molecular formula is C15H15N5O3S. The van der Waals surface area contributed by atoms with Gasteiger partial charge in [0, 0.05) is 4.88 Å². The van der Waals surface area contributed by atoms with Gasteiger partial charge in [0.25, 0.3) is 0 Å². The lowest BCUT2D eigenvalue weighted by Gasteiger charge is -2.04. The number of nitrogens with one attached hydrogen (secondary N) is 1. The quantitative estimate of drug-likeness (QED) is 0.520. The van der Waals surface area contributed by atoms with Crippen molar-refractivity contribution in [1.29, 1.82) is 5.26 Å². The molecule has 0 atom stereocenters. The number of nitro groups is 1. The van der Waals surface area contributed by atoms with Gasteiger partial charge in [-0.1, -0.05) is 6.42 Å². The van der Waals surface area contributed by atoms with E-state index in [9.17, 15) is 20.2 Å². The Bertz CT molecular complexity index is 833. The normalized spacial score (nSPS) is 13.6. The molecule has 0 fully saturated rings. The van der Waals surface area contributed by atoms with E-state index in [-0.39, 0.29) is 18.3 Å². The van der Waals surface area contributed by atoms with Gasteiger partial charge in [-0.15, -0.1) is 11.3 Å². The summed E-state index contributed by atoms with van der Waals surface area (Å²) in [6, 6.07) is 2.21.